The van der Waals surface area contributed by atoms with Crippen molar-refractivity contribution in [2.24, 2.45) is 0 Å². The topological polar surface area (TPSA) is 102 Å². The number of carbonyl (C=O) groups is 3. The number of hydrogen-bond acceptors (Lipinski definition) is 7. The maximum atomic E-state index is 12.8. The van der Waals surface area contributed by atoms with Crippen LogP contribution in [0.2, 0.25) is 0 Å². The van der Waals surface area contributed by atoms with Gasteiger partial charge in [0.1, 0.15) is 12.6 Å². The standard InChI is InChI=1S/C55H85NO7/c1-6-8-10-12-14-16-18-20-22-24-26-28-30-32-34-36-38-40-42-44-46-54(58)63-51(49-61-48-47-52(55(59)60)56(3,4)5)50-62-53(57)45-43-41-39-37-35-33-31-29-27-25-23-21-19-17-15-13-11-9-7-2/h8-11,14-17,20-23,26-29,32-35,39,41,51-52H,6-7,12-13,18-19,24-25,30-31,36-38,40,42-50H2,1-5H3/b10-8+,11-9+,16-14+,17-15+,22-20+,23-21+,28-26+,29-27+,34-32+,35-33+,41-39+. The first-order valence-corrected chi connectivity index (χ1v) is 23.7. The molecule has 0 bridgehead atoms. The third kappa shape index (κ3) is 42.5. The maximum Gasteiger partial charge on any atom is 0.306 e. The van der Waals surface area contributed by atoms with Gasteiger partial charge in [-0.1, -0.05) is 160 Å². The number of ether oxygens (including phenoxy) is 3. The number of allylic oxidation sites excluding steroid dienone is 22. The maximum absolute atomic E-state index is 12.8. The van der Waals surface area contributed by atoms with Crippen LogP contribution in [0.4, 0.5) is 0 Å². The summed E-state index contributed by atoms with van der Waals surface area (Å²) in [6.07, 6.45) is 63.5. The molecule has 0 aromatic heterocycles. The molecule has 0 aromatic rings. The highest BCUT2D eigenvalue weighted by atomic mass is 16.6. The molecule has 352 valence electrons. The summed E-state index contributed by atoms with van der Waals surface area (Å²) in [4.78, 5) is 36.9. The number of likely N-dealkylation sites (N-methyl/N-ethyl adjacent to an activating group) is 1. The van der Waals surface area contributed by atoms with Gasteiger partial charge in [-0.05, 0) is 96.3 Å². The average Bonchev–Trinajstić information content (AvgIpc) is 3.24. The van der Waals surface area contributed by atoms with E-state index < -0.39 is 18.1 Å². The minimum absolute atomic E-state index is 0.00364. The Balaban J connectivity index is 4.51. The summed E-state index contributed by atoms with van der Waals surface area (Å²) in [5.74, 6) is -1.90. The molecule has 0 N–H and O–H groups in total. The summed E-state index contributed by atoms with van der Waals surface area (Å²) in [5, 5.41) is 11.6. The predicted octanol–water partition coefficient (Wildman–Crippen LogP) is 12.2. The summed E-state index contributed by atoms with van der Waals surface area (Å²) in [6.45, 7) is 4.30. The number of nitrogens with zero attached hydrogens (tertiary/aromatic N) is 1. The molecule has 2 atom stereocenters. The van der Waals surface area contributed by atoms with Crippen molar-refractivity contribution in [3.8, 4) is 0 Å². The van der Waals surface area contributed by atoms with E-state index in [9.17, 15) is 19.5 Å². The molecular formula is C55H85NO7. The Morgan fingerprint density at radius 2 is 0.873 bits per heavy atom. The first-order chi connectivity index (χ1) is 30.6. The van der Waals surface area contributed by atoms with Crippen LogP contribution in [0.5, 0.6) is 0 Å². The first-order valence-electron chi connectivity index (χ1n) is 23.7. The highest BCUT2D eigenvalue weighted by Crippen LogP contribution is 2.11. The summed E-state index contributed by atoms with van der Waals surface area (Å²) in [6, 6.07) is -0.751. The Kier molecular flexibility index (Phi) is 40.9. The second-order valence-electron chi connectivity index (χ2n) is 16.2. The number of unbranched alkanes of at least 4 members (excludes halogenated alkanes) is 4. The third-order valence-corrected chi connectivity index (χ3v) is 9.55. The zero-order valence-corrected chi connectivity index (χ0v) is 39.9. The molecule has 0 fully saturated rings. The van der Waals surface area contributed by atoms with Crippen molar-refractivity contribution in [1.82, 2.24) is 0 Å². The van der Waals surface area contributed by atoms with Gasteiger partial charge in [0, 0.05) is 19.3 Å². The van der Waals surface area contributed by atoms with Gasteiger partial charge < -0.3 is 28.6 Å². The molecule has 0 aliphatic heterocycles. The van der Waals surface area contributed by atoms with Crippen LogP contribution in [-0.4, -0.2) is 75.5 Å². The normalized spacial score (nSPS) is 14.1. The van der Waals surface area contributed by atoms with E-state index in [-0.39, 0.29) is 55.5 Å². The molecule has 0 aromatic carbocycles. The van der Waals surface area contributed by atoms with Gasteiger partial charge in [0.25, 0.3) is 0 Å². The third-order valence-electron chi connectivity index (χ3n) is 9.55. The van der Waals surface area contributed by atoms with Gasteiger partial charge in [-0.2, -0.15) is 0 Å². The van der Waals surface area contributed by atoms with Crippen LogP contribution in [0.1, 0.15) is 142 Å². The largest absolute Gasteiger partial charge is 0.544 e. The van der Waals surface area contributed by atoms with Crippen LogP contribution in [-0.2, 0) is 28.6 Å². The fourth-order valence-electron chi connectivity index (χ4n) is 5.94. The van der Waals surface area contributed by atoms with Crippen LogP contribution in [0.3, 0.4) is 0 Å². The molecule has 0 spiro atoms. The van der Waals surface area contributed by atoms with Gasteiger partial charge in [-0.25, -0.2) is 0 Å². The number of carbonyl (C=O) groups excluding carboxylic acids is 3. The van der Waals surface area contributed by atoms with Crippen molar-refractivity contribution in [2.45, 2.75) is 154 Å². The van der Waals surface area contributed by atoms with E-state index in [0.29, 0.717) is 12.8 Å². The van der Waals surface area contributed by atoms with Crippen molar-refractivity contribution >= 4 is 17.9 Å². The molecule has 0 aliphatic rings. The van der Waals surface area contributed by atoms with Crippen LogP contribution in [0, 0.1) is 0 Å². The van der Waals surface area contributed by atoms with Gasteiger partial charge >= 0.3 is 11.9 Å². The fraction of sp³-hybridized carbons (Fsp3) is 0.545. The summed E-state index contributed by atoms with van der Waals surface area (Å²) in [5.41, 5.74) is 0. The van der Waals surface area contributed by atoms with E-state index in [4.69, 9.17) is 14.2 Å². The molecule has 0 saturated heterocycles. The highest BCUT2D eigenvalue weighted by molar-refractivity contribution is 5.70. The molecule has 2 unspecified atom stereocenters. The van der Waals surface area contributed by atoms with E-state index in [1.165, 1.54) is 0 Å². The second-order valence-corrected chi connectivity index (χ2v) is 16.2. The highest BCUT2D eigenvalue weighted by Gasteiger charge is 2.25. The van der Waals surface area contributed by atoms with E-state index in [0.717, 1.165) is 96.3 Å². The molecule has 0 heterocycles. The Hall–Kier alpha value is -4.53. The minimum atomic E-state index is -1.15. The SMILES string of the molecule is CC/C=C/C/C=C/C/C=C/C/C=C/C/C=C/C/C=C/CCC(=O)OCC(COCCC(C(=O)[O-])[N+](C)(C)C)OC(=O)CCCCCC/C=C/C/C=C/C/C=C/C/C=C/C/C=C/CC. The predicted molar refractivity (Wildman–Crippen MR) is 263 cm³/mol. The van der Waals surface area contributed by atoms with E-state index >= 15 is 0 Å². The number of carboxylic acid groups (broad SMARTS) is 1. The Morgan fingerprint density at radius 1 is 0.476 bits per heavy atom. The van der Waals surface area contributed by atoms with Crippen LogP contribution >= 0.6 is 0 Å². The van der Waals surface area contributed by atoms with Crippen LogP contribution in [0.15, 0.2) is 134 Å². The number of esters is 2. The molecule has 0 rings (SSSR count). The second kappa shape index (κ2) is 44.1. The summed E-state index contributed by atoms with van der Waals surface area (Å²) < 4.78 is 17.1. The van der Waals surface area contributed by atoms with Gasteiger partial charge in [0.2, 0.25) is 0 Å². The lowest BCUT2D eigenvalue weighted by molar-refractivity contribution is -0.889. The molecule has 8 nitrogen and oxygen atoms in total. The quantitative estimate of drug-likeness (QED) is 0.0261. The van der Waals surface area contributed by atoms with Gasteiger partial charge in [0.15, 0.2) is 6.10 Å². The lowest BCUT2D eigenvalue weighted by Gasteiger charge is -2.34. The number of hydrogen-bond donors (Lipinski definition) is 0. The van der Waals surface area contributed by atoms with Crippen molar-refractivity contribution in [3.63, 3.8) is 0 Å². The minimum Gasteiger partial charge on any atom is -0.544 e. The lowest BCUT2D eigenvalue weighted by atomic mass is 10.1. The monoisotopic (exact) mass is 872 g/mol. The summed E-state index contributed by atoms with van der Waals surface area (Å²) in [7, 11) is 5.36. The van der Waals surface area contributed by atoms with Crippen molar-refractivity contribution in [3.05, 3.63) is 134 Å². The number of rotatable bonds is 40. The molecule has 0 radical (unpaired) electrons. The molecular weight excluding hydrogens is 787 g/mol. The number of carboxylic acids is 1. The molecule has 0 aliphatic carbocycles. The molecule has 0 amide bonds. The zero-order valence-electron chi connectivity index (χ0n) is 39.9. The van der Waals surface area contributed by atoms with Crippen LogP contribution in [0.25, 0.3) is 0 Å². The van der Waals surface area contributed by atoms with Gasteiger partial charge in [-0.3, -0.25) is 9.59 Å². The zero-order chi connectivity index (χ0) is 46.3. The fourth-order valence-corrected chi connectivity index (χ4v) is 5.94. The van der Waals surface area contributed by atoms with Gasteiger partial charge in [0.05, 0.1) is 40.3 Å². The van der Waals surface area contributed by atoms with Crippen molar-refractivity contribution in [1.29, 1.82) is 0 Å². The number of quaternary nitrogens is 1. The Labute approximate surface area is 383 Å². The molecule has 8 heteroatoms. The Bertz CT molecular complexity index is 1480. The Morgan fingerprint density at radius 3 is 1.29 bits per heavy atom. The molecule has 0 saturated carbocycles. The summed E-state index contributed by atoms with van der Waals surface area (Å²) >= 11 is 0. The van der Waals surface area contributed by atoms with Crippen LogP contribution < -0.4 is 5.11 Å². The van der Waals surface area contributed by atoms with Crippen molar-refractivity contribution in [2.75, 3.05) is 41.0 Å². The average molecular weight is 872 g/mol. The first kappa shape index (κ1) is 58.5. The van der Waals surface area contributed by atoms with Crippen molar-refractivity contribution < 1.29 is 38.2 Å². The van der Waals surface area contributed by atoms with Gasteiger partial charge in [-0.15, -0.1) is 0 Å². The molecule has 63 heavy (non-hydrogen) atoms. The smallest absolute Gasteiger partial charge is 0.306 e. The van der Waals surface area contributed by atoms with E-state index in [1.807, 2.05) is 12.2 Å². The number of aliphatic carboxylic acids is 1. The lowest BCUT2D eigenvalue weighted by Crippen LogP contribution is -2.55. The van der Waals surface area contributed by atoms with E-state index in [2.05, 4.69) is 135 Å². The van der Waals surface area contributed by atoms with E-state index in [1.54, 1.807) is 21.1 Å².